The molecule has 8 heteroatoms. The van der Waals surface area contributed by atoms with Gasteiger partial charge in [-0.2, -0.15) is 4.98 Å². The van der Waals surface area contributed by atoms with Crippen molar-refractivity contribution in [2.45, 2.75) is 33.0 Å². The topological polar surface area (TPSA) is 102 Å². The molecule has 0 atom stereocenters. The molecule has 0 saturated carbocycles. The molecule has 2 heterocycles. The molecule has 0 aliphatic carbocycles. The Kier molecular flexibility index (Phi) is 4.37. The van der Waals surface area contributed by atoms with Crippen molar-refractivity contribution in [2.24, 2.45) is 0 Å². The van der Waals surface area contributed by atoms with E-state index in [2.05, 4.69) is 25.8 Å². The van der Waals surface area contributed by atoms with Gasteiger partial charge in [-0.3, -0.25) is 4.68 Å². The van der Waals surface area contributed by atoms with Crippen LogP contribution in [0.1, 0.15) is 23.8 Å². The quantitative estimate of drug-likeness (QED) is 0.693. The van der Waals surface area contributed by atoms with E-state index >= 15 is 0 Å². The number of aliphatic hydroxyl groups excluding tert-OH is 1. The molecule has 2 rings (SSSR count). The molecule has 98 valence electrons. The summed E-state index contributed by atoms with van der Waals surface area (Å²) in [5.41, 5.74) is 0.841. The number of nitrogens with one attached hydrogen (secondary N) is 1. The summed E-state index contributed by atoms with van der Waals surface area (Å²) in [6.07, 6.45) is 2.53. The predicted molar refractivity (Wildman–Crippen MR) is 61.3 cm³/mol. The number of aromatic nitrogens is 5. The van der Waals surface area contributed by atoms with Crippen molar-refractivity contribution in [3.05, 3.63) is 23.6 Å². The summed E-state index contributed by atoms with van der Waals surface area (Å²) in [5, 5.41) is 23.6. The molecular formula is C10H16N6O2. The molecule has 18 heavy (non-hydrogen) atoms. The average molecular weight is 252 g/mol. The summed E-state index contributed by atoms with van der Waals surface area (Å²) in [6.45, 7) is 3.70. The smallest absolute Gasteiger partial charge is 0.223 e. The minimum absolute atomic E-state index is 0.157. The van der Waals surface area contributed by atoms with Crippen molar-refractivity contribution >= 4 is 0 Å². The summed E-state index contributed by atoms with van der Waals surface area (Å²) in [6, 6.07) is 0. The molecule has 0 unspecified atom stereocenters. The molecule has 0 amide bonds. The summed E-state index contributed by atoms with van der Waals surface area (Å²) in [4.78, 5) is 4.08. The number of nitrogens with zero attached hydrogens (tertiary/aromatic N) is 5. The van der Waals surface area contributed by atoms with Crippen molar-refractivity contribution in [2.75, 3.05) is 6.61 Å². The maximum Gasteiger partial charge on any atom is 0.223 e. The molecule has 2 aromatic rings. The van der Waals surface area contributed by atoms with Crippen LogP contribution in [-0.2, 0) is 19.6 Å². The van der Waals surface area contributed by atoms with Crippen molar-refractivity contribution in [3.8, 4) is 0 Å². The van der Waals surface area contributed by atoms with Gasteiger partial charge in [-0.15, -0.1) is 5.10 Å². The highest BCUT2D eigenvalue weighted by Crippen LogP contribution is 1.97. The molecule has 0 radical (unpaired) electrons. The Hall–Kier alpha value is -1.80. The molecule has 2 N–H and O–H groups in total. The molecule has 2 aromatic heterocycles. The third-order valence-electron chi connectivity index (χ3n) is 2.29. The van der Waals surface area contributed by atoms with E-state index in [1.165, 1.54) is 0 Å². The van der Waals surface area contributed by atoms with Gasteiger partial charge in [0.05, 0.1) is 12.2 Å². The van der Waals surface area contributed by atoms with Crippen LogP contribution in [0.25, 0.3) is 0 Å². The van der Waals surface area contributed by atoms with Crippen molar-refractivity contribution in [1.82, 2.24) is 30.5 Å². The molecule has 0 aliphatic rings. The number of hydrogen-bond donors (Lipinski definition) is 2. The van der Waals surface area contributed by atoms with E-state index in [4.69, 9.17) is 9.63 Å². The average Bonchev–Trinajstić information content (AvgIpc) is 2.96. The van der Waals surface area contributed by atoms with Gasteiger partial charge in [0.25, 0.3) is 0 Å². The van der Waals surface area contributed by atoms with E-state index in [-0.39, 0.29) is 6.61 Å². The highest BCUT2D eigenvalue weighted by molar-refractivity contribution is 4.92. The Bertz CT molecular complexity index is 480. The lowest BCUT2D eigenvalue weighted by Gasteiger charge is -1.97. The molecule has 8 nitrogen and oxygen atoms in total. The van der Waals surface area contributed by atoms with Gasteiger partial charge in [0.15, 0.2) is 5.82 Å². The van der Waals surface area contributed by atoms with Crippen LogP contribution < -0.4 is 5.32 Å². The van der Waals surface area contributed by atoms with E-state index < -0.39 is 0 Å². The normalized spacial score (nSPS) is 11.0. The number of rotatable bonds is 7. The minimum Gasteiger partial charge on any atom is -0.396 e. The van der Waals surface area contributed by atoms with Crippen molar-refractivity contribution in [1.29, 1.82) is 0 Å². The predicted octanol–water partition coefficient (Wildman–Crippen LogP) is -0.358. The van der Waals surface area contributed by atoms with Crippen LogP contribution in [0.5, 0.6) is 0 Å². The van der Waals surface area contributed by atoms with Crippen LogP contribution >= 0.6 is 0 Å². The fourth-order valence-electron chi connectivity index (χ4n) is 1.48. The Labute approximate surface area is 104 Å². The highest BCUT2D eigenvalue weighted by atomic mass is 16.5. The monoisotopic (exact) mass is 252 g/mol. The van der Waals surface area contributed by atoms with Crippen LogP contribution in [0.3, 0.4) is 0 Å². The van der Waals surface area contributed by atoms with Gasteiger partial charge in [-0.05, 0) is 6.42 Å². The molecular weight excluding hydrogens is 236 g/mol. The fraction of sp³-hybridized carbons (Fsp3) is 0.600. The lowest BCUT2D eigenvalue weighted by atomic mass is 10.4. The minimum atomic E-state index is 0.157. The van der Waals surface area contributed by atoms with Crippen molar-refractivity contribution in [3.63, 3.8) is 0 Å². The van der Waals surface area contributed by atoms with Crippen molar-refractivity contribution < 1.29 is 9.63 Å². The van der Waals surface area contributed by atoms with E-state index in [1.54, 1.807) is 11.6 Å². The first-order valence-electron chi connectivity index (χ1n) is 5.77. The summed E-state index contributed by atoms with van der Waals surface area (Å²) >= 11 is 0. The second-order valence-corrected chi connectivity index (χ2v) is 3.88. The van der Waals surface area contributed by atoms with Gasteiger partial charge in [0.1, 0.15) is 0 Å². The zero-order chi connectivity index (χ0) is 12.8. The SMILES string of the molecule is Cc1nc(CNCc2cn(CCCO)nn2)no1. The molecule has 0 spiro atoms. The molecule has 0 saturated heterocycles. The lowest BCUT2D eigenvalue weighted by molar-refractivity contribution is 0.276. The van der Waals surface area contributed by atoms with Gasteiger partial charge >= 0.3 is 0 Å². The van der Waals surface area contributed by atoms with Crippen LogP contribution in [0.15, 0.2) is 10.7 Å². The van der Waals surface area contributed by atoms with Gasteiger partial charge in [-0.25, -0.2) is 0 Å². The zero-order valence-corrected chi connectivity index (χ0v) is 10.2. The van der Waals surface area contributed by atoms with Gasteiger partial charge in [0.2, 0.25) is 5.89 Å². The van der Waals surface area contributed by atoms with Crippen LogP contribution in [0.4, 0.5) is 0 Å². The summed E-state index contributed by atoms with van der Waals surface area (Å²) < 4.78 is 6.57. The molecule has 0 bridgehead atoms. The van der Waals surface area contributed by atoms with E-state index in [9.17, 15) is 0 Å². The second kappa shape index (κ2) is 6.22. The Morgan fingerprint density at radius 3 is 3.06 bits per heavy atom. The first-order chi connectivity index (χ1) is 8.78. The first-order valence-corrected chi connectivity index (χ1v) is 5.77. The van der Waals surface area contributed by atoms with Crippen LogP contribution in [0.2, 0.25) is 0 Å². The Morgan fingerprint density at radius 1 is 1.44 bits per heavy atom. The third kappa shape index (κ3) is 3.60. The summed E-state index contributed by atoms with van der Waals surface area (Å²) in [5.74, 6) is 1.18. The molecule has 0 aliphatic heterocycles. The van der Waals surface area contributed by atoms with Gasteiger partial charge in [-0.1, -0.05) is 10.4 Å². The van der Waals surface area contributed by atoms with E-state index in [0.717, 1.165) is 5.69 Å². The maximum atomic E-state index is 8.71. The van der Waals surface area contributed by atoms with Gasteiger partial charge < -0.3 is 14.9 Å². The van der Waals surface area contributed by atoms with E-state index in [0.29, 0.717) is 37.8 Å². The second-order valence-electron chi connectivity index (χ2n) is 3.88. The molecule has 0 aromatic carbocycles. The molecule has 0 fully saturated rings. The van der Waals surface area contributed by atoms with Gasteiger partial charge in [0, 0.05) is 32.8 Å². The maximum absolute atomic E-state index is 8.71. The number of hydrogen-bond acceptors (Lipinski definition) is 7. The number of aryl methyl sites for hydroxylation is 2. The van der Waals surface area contributed by atoms with E-state index in [1.807, 2.05) is 6.20 Å². The fourth-order valence-corrected chi connectivity index (χ4v) is 1.48. The number of aliphatic hydroxyl groups is 1. The zero-order valence-electron chi connectivity index (χ0n) is 10.2. The highest BCUT2D eigenvalue weighted by Gasteiger charge is 2.03. The Balaban J connectivity index is 1.74. The summed E-state index contributed by atoms with van der Waals surface area (Å²) in [7, 11) is 0. The lowest BCUT2D eigenvalue weighted by Crippen LogP contribution is -2.14. The largest absolute Gasteiger partial charge is 0.396 e. The standard InChI is InChI=1S/C10H16N6O2/c1-8-12-10(14-18-8)6-11-5-9-7-16(15-13-9)3-2-4-17/h7,11,17H,2-6H2,1H3. The first kappa shape index (κ1) is 12.7. The van der Waals surface area contributed by atoms with Crippen LogP contribution in [0, 0.1) is 6.92 Å². The third-order valence-corrected chi connectivity index (χ3v) is 2.29. The van der Waals surface area contributed by atoms with Crippen LogP contribution in [-0.4, -0.2) is 36.8 Å². The Morgan fingerprint density at radius 2 is 2.33 bits per heavy atom.